The van der Waals surface area contributed by atoms with Gasteiger partial charge in [0.15, 0.2) is 0 Å². The summed E-state index contributed by atoms with van der Waals surface area (Å²) in [4.78, 5) is 12.2. The quantitative estimate of drug-likeness (QED) is 0.261. The maximum absolute atomic E-state index is 12.2. The number of carbonyl (C=O) groups is 1. The van der Waals surface area contributed by atoms with Gasteiger partial charge in [0.2, 0.25) is 0 Å². The Bertz CT molecular complexity index is 514. The molecule has 0 rings (SSSR count). The highest BCUT2D eigenvalue weighted by Crippen LogP contribution is 2.40. The SMILES string of the molecule is CCC(C)(C)CC(C)(C)/C=C\C(C)(CC)CC(C)(C)OC(=O)OC(C)C(C)C. The molecule has 0 saturated heterocycles. The second-order valence-electron chi connectivity index (χ2n) is 11.4. The fraction of sp³-hybridized carbons (Fsp3) is 0.880. The summed E-state index contributed by atoms with van der Waals surface area (Å²) in [7, 11) is 0. The van der Waals surface area contributed by atoms with Crippen molar-refractivity contribution < 1.29 is 14.3 Å². The van der Waals surface area contributed by atoms with E-state index in [1.165, 1.54) is 6.42 Å². The number of hydrogen-bond donors (Lipinski definition) is 0. The highest BCUT2D eigenvalue weighted by molar-refractivity contribution is 5.60. The van der Waals surface area contributed by atoms with E-state index in [4.69, 9.17) is 9.47 Å². The Morgan fingerprint density at radius 1 is 0.857 bits per heavy atom. The molecule has 0 aromatic rings. The van der Waals surface area contributed by atoms with E-state index in [0.29, 0.717) is 5.41 Å². The average Bonchev–Trinajstić information content (AvgIpc) is 2.51. The van der Waals surface area contributed by atoms with Gasteiger partial charge in [0.25, 0.3) is 0 Å². The largest absolute Gasteiger partial charge is 0.509 e. The van der Waals surface area contributed by atoms with Gasteiger partial charge in [-0.3, -0.25) is 0 Å². The van der Waals surface area contributed by atoms with Gasteiger partial charge < -0.3 is 9.47 Å². The first-order valence-electron chi connectivity index (χ1n) is 11.1. The van der Waals surface area contributed by atoms with E-state index in [2.05, 4.69) is 60.6 Å². The summed E-state index contributed by atoms with van der Waals surface area (Å²) in [5, 5.41) is 0. The highest BCUT2D eigenvalue weighted by atomic mass is 16.7. The predicted molar refractivity (Wildman–Crippen MR) is 121 cm³/mol. The van der Waals surface area contributed by atoms with E-state index < -0.39 is 11.8 Å². The first kappa shape index (κ1) is 27.0. The summed E-state index contributed by atoms with van der Waals surface area (Å²) in [6.45, 7) is 25.9. The number of allylic oxidation sites excluding steroid dienone is 2. The lowest BCUT2D eigenvalue weighted by atomic mass is 9.71. The van der Waals surface area contributed by atoms with E-state index in [1.807, 2.05) is 34.6 Å². The predicted octanol–water partition coefficient (Wildman–Crippen LogP) is 8.18. The Balaban J connectivity index is 5.13. The Morgan fingerprint density at radius 3 is 1.82 bits per heavy atom. The van der Waals surface area contributed by atoms with Crippen LogP contribution in [0.5, 0.6) is 0 Å². The Labute approximate surface area is 175 Å². The second-order valence-corrected chi connectivity index (χ2v) is 11.4. The zero-order valence-corrected chi connectivity index (χ0v) is 20.9. The molecule has 166 valence electrons. The van der Waals surface area contributed by atoms with E-state index in [-0.39, 0.29) is 22.9 Å². The number of rotatable bonds is 11. The molecule has 0 aliphatic rings. The van der Waals surface area contributed by atoms with Gasteiger partial charge in [-0.1, -0.05) is 80.9 Å². The number of ether oxygens (including phenoxy) is 2. The van der Waals surface area contributed by atoms with Gasteiger partial charge in [-0.25, -0.2) is 4.79 Å². The van der Waals surface area contributed by atoms with Crippen molar-refractivity contribution in [3.05, 3.63) is 12.2 Å². The fourth-order valence-corrected chi connectivity index (χ4v) is 3.69. The minimum Gasteiger partial charge on any atom is -0.431 e. The van der Waals surface area contributed by atoms with E-state index in [0.717, 1.165) is 19.3 Å². The molecule has 28 heavy (non-hydrogen) atoms. The molecular formula is C25H48O3. The standard InChI is InChI=1S/C25H48O3/c1-13-22(6,7)17-23(8,9)15-16-25(12,14-2)18-24(10,11)28-21(26)27-20(5)19(3)4/h15-16,19-20H,13-14,17-18H2,1-12H3/b16-15-. The van der Waals surface area contributed by atoms with Crippen LogP contribution < -0.4 is 0 Å². The molecule has 0 aromatic heterocycles. The molecule has 0 spiro atoms. The molecule has 0 aromatic carbocycles. The molecule has 3 heteroatoms. The van der Waals surface area contributed by atoms with Gasteiger partial charge in [-0.2, -0.15) is 0 Å². The molecule has 3 nitrogen and oxygen atoms in total. The normalized spacial score (nSPS) is 16.9. The van der Waals surface area contributed by atoms with Crippen LogP contribution >= 0.6 is 0 Å². The van der Waals surface area contributed by atoms with Crippen LogP contribution in [0.4, 0.5) is 4.79 Å². The number of carbonyl (C=O) groups excluding carboxylic acids is 1. The third-order valence-electron chi connectivity index (χ3n) is 6.05. The van der Waals surface area contributed by atoms with Crippen molar-refractivity contribution in [3.8, 4) is 0 Å². The zero-order valence-electron chi connectivity index (χ0n) is 20.9. The van der Waals surface area contributed by atoms with Crippen molar-refractivity contribution in [2.75, 3.05) is 0 Å². The van der Waals surface area contributed by atoms with Crippen LogP contribution in [0.2, 0.25) is 0 Å². The van der Waals surface area contributed by atoms with Crippen molar-refractivity contribution in [2.45, 2.75) is 120 Å². The third-order valence-corrected chi connectivity index (χ3v) is 6.05. The topological polar surface area (TPSA) is 35.5 Å². The van der Waals surface area contributed by atoms with Gasteiger partial charge in [0.1, 0.15) is 11.7 Å². The lowest BCUT2D eigenvalue weighted by Crippen LogP contribution is -2.36. The molecule has 0 aliphatic heterocycles. The van der Waals surface area contributed by atoms with Crippen LogP contribution in [-0.4, -0.2) is 17.9 Å². The van der Waals surface area contributed by atoms with Crippen LogP contribution in [-0.2, 0) is 9.47 Å². The minimum atomic E-state index is -0.588. The Morgan fingerprint density at radius 2 is 1.39 bits per heavy atom. The maximum Gasteiger partial charge on any atom is 0.509 e. The molecular weight excluding hydrogens is 348 g/mol. The lowest BCUT2D eigenvalue weighted by molar-refractivity contribution is -0.0520. The summed E-state index contributed by atoms with van der Waals surface area (Å²) >= 11 is 0. The van der Waals surface area contributed by atoms with Crippen LogP contribution in [0.25, 0.3) is 0 Å². The summed E-state index contributed by atoms with van der Waals surface area (Å²) in [5.74, 6) is 0.272. The first-order chi connectivity index (χ1) is 12.5. The maximum atomic E-state index is 12.2. The molecule has 0 fully saturated rings. The van der Waals surface area contributed by atoms with Crippen LogP contribution in [0.15, 0.2) is 12.2 Å². The van der Waals surface area contributed by atoms with Crippen molar-refractivity contribution in [2.24, 2.45) is 22.2 Å². The summed E-state index contributed by atoms with van der Waals surface area (Å²) in [6, 6.07) is 0. The van der Waals surface area contributed by atoms with Gasteiger partial charge in [-0.15, -0.1) is 0 Å². The molecule has 0 saturated carbocycles. The van der Waals surface area contributed by atoms with E-state index in [1.54, 1.807) is 0 Å². The smallest absolute Gasteiger partial charge is 0.431 e. The van der Waals surface area contributed by atoms with Gasteiger partial charge in [-0.05, 0) is 62.2 Å². The summed E-state index contributed by atoms with van der Waals surface area (Å²) in [6.07, 6.45) is 8.04. The number of hydrogen-bond acceptors (Lipinski definition) is 3. The molecule has 2 atom stereocenters. The Hall–Kier alpha value is -0.990. The molecule has 0 bridgehead atoms. The van der Waals surface area contributed by atoms with E-state index >= 15 is 0 Å². The minimum absolute atomic E-state index is 0.0406. The van der Waals surface area contributed by atoms with E-state index in [9.17, 15) is 4.79 Å². The molecule has 0 heterocycles. The van der Waals surface area contributed by atoms with Crippen LogP contribution in [0.3, 0.4) is 0 Å². The molecule has 0 N–H and O–H groups in total. The highest BCUT2D eigenvalue weighted by Gasteiger charge is 2.34. The van der Waals surface area contributed by atoms with Crippen molar-refractivity contribution >= 4 is 6.16 Å². The van der Waals surface area contributed by atoms with Crippen molar-refractivity contribution in [3.63, 3.8) is 0 Å². The second kappa shape index (κ2) is 10.2. The Kier molecular flexibility index (Phi) is 9.80. The van der Waals surface area contributed by atoms with Crippen molar-refractivity contribution in [1.29, 1.82) is 0 Å². The average molecular weight is 397 g/mol. The van der Waals surface area contributed by atoms with Crippen LogP contribution in [0.1, 0.15) is 109 Å². The van der Waals surface area contributed by atoms with Gasteiger partial charge >= 0.3 is 6.16 Å². The summed E-state index contributed by atoms with van der Waals surface area (Å²) < 4.78 is 11.1. The molecule has 0 radical (unpaired) electrons. The zero-order chi connectivity index (χ0) is 22.4. The van der Waals surface area contributed by atoms with Crippen LogP contribution in [0, 0.1) is 22.2 Å². The summed E-state index contributed by atoms with van der Waals surface area (Å²) in [5.41, 5.74) is -0.168. The third kappa shape index (κ3) is 10.5. The van der Waals surface area contributed by atoms with Gasteiger partial charge in [0.05, 0.1) is 0 Å². The first-order valence-corrected chi connectivity index (χ1v) is 11.1. The van der Waals surface area contributed by atoms with Gasteiger partial charge in [0, 0.05) is 0 Å². The fourth-order valence-electron chi connectivity index (χ4n) is 3.69. The molecule has 2 unspecified atom stereocenters. The molecule has 0 amide bonds. The lowest BCUT2D eigenvalue weighted by Gasteiger charge is -2.37. The molecule has 0 aliphatic carbocycles. The van der Waals surface area contributed by atoms with Crippen molar-refractivity contribution in [1.82, 2.24) is 0 Å². The monoisotopic (exact) mass is 396 g/mol.